The average Bonchev–Trinajstić information content (AvgIpc) is 2.15. The third-order valence-corrected chi connectivity index (χ3v) is 2.45. The largest absolute Gasteiger partial charge is 0.416 e. The second-order valence-corrected chi connectivity index (χ2v) is 4.23. The first kappa shape index (κ1) is 13.3. The molecule has 1 aromatic carbocycles. The number of ketones is 1. The highest BCUT2D eigenvalue weighted by atomic mass is 35.5. The average molecular weight is 271 g/mol. The van der Waals surface area contributed by atoms with Gasteiger partial charge >= 0.3 is 6.18 Å². The molecule has 0 aliphatic rings. The zero-order chi connectivity index (χ0) is 12.5. The van der Waals surface area contributed by atoms with Gasteiger partial charge in [-0.15, -0.1) is 11.6 Å². The molecule has 6 heteroatoms. The number of hydrogen-bond donors (Lipinski definition) is 0. The van der Waals surface area contributed by atoms with Crippen molar-refractivity contribution in [1.29, 1.82) is 0 Å². The molecule has 1 aromatic rings. The lowest BCUT2D eigenvalue weighted by atomic mass is 10.1. The summed E-state index contributed by atoms with van der Waals surface area (Å²) >= 11 is 11.2. The molecule has 0 saturated carbocycles. The highest BCUT2D eigenvalue weighted by Gasteiger charge is 2.32. The molecule has 0 aliphatic carbocycles. The lowest BCUT2D eigenvalue weighted by molar-refractivity contribution is -0.137. The van der Waals surface area contributed by atoms with Crippen molar-refractivity contribution in [2.45, 2.75) is 18.5 Å². The van der Waals surface area contributed by atoms with Gasteiger partial charge in [0.15, 0.2) is 5.78 Å². The fourth-order valence-electron chi connectivity index (χ4n) is 1.10. The smallest absolute Gasteiger partial charge is 0.292 e. The van der Waals surface area contributed by atoms with Crippen molar-refractivity contribution in [2.24, 2.45) is 0 Å². The highest BCUT2D eigenvalue weighted by molar-refractivity contribution is 6.38. The van der Waals surface area contributed by atoms with Crippen molar-refractivity contribution in [2.75, 3.05) is 0 Å². The maximum atomic E-state index is 12.4. The molecule has 0 N–H and O–H groups in total. The third-order valence-electron chi connectivity index (χ3n) is 1.92. The van der Waals surface area contributed by atoms with Gasteiger partial charge in [-0.3, -0.25) is 4.79 Å². The van der Waals surface area contributed by atoms with Gasteiger partial charge in [-0.25, -0.2) is 0 Å². The van der Waals surface area contributed by atoms with E-state index in [4.69, 9.17) is 23.2 Å². The topological polar surface area (TPSA) is 17.1 Å². The number of rotatable bonds is 2. The molecule has 0 fully saturated rings. The lowest BCUT2D eigenvalue weighted by Crippen LogP contribution is -2.13. The van der Waals surface area contributed by atoms with Crippen molar-refractivity contribution in [1.82, 2.24) is 0 Å². The molecule has 88 valence electrons. The minimum atomic E-state index is -4.50. The number of alkyl halides is 4. The SMILES string of the molecule is CC(Cl)C(=O)c1cc(C(F)(F)F)ccc1Cl. The summed E-state index contributed by atoms with van der Waals surface area (Å²) in [7, 11) is 0. The van der Waals surface area contributed by atoms with Crippen LogP contribution in [0.5, 0.6) is 0 Å². The van der Waals surface area contributed by atoms with Crippen LogP contribution in [-0.2, 0) is 6.18 Å². The predicted molar refractivity (Wildman–Crippen MR) is 56.1 cm³/mol. The Morgan fingerprint density at radius 1 is 1.38 bits per heavy atom. The molecule has 0 spiro atoms. The van der Waals surface area contributed by atoms with Gasteiger partial charge in [0.2, 0.25) is 0 Å². The Hall–Kier alpha value is -0.740. The van der Waals surface area contributed by atoms with E-state index in [1.807, 2.05) is 0 Å². The summed E-state index contributed by atoms with van der Waals surface area (Å²) in [6.45, 7) is 1.38. The third kappa shape index (κ3) is 2.89. The van der Waals surface area contributed by atoms with E-state index < -0.39 is 22.9 Å². The fraction of sp³-hybridized carbons (Fsp3) is 0.300. The van der Waals surface area contributed by atoms with Gasteiger partial charge in [0, 0.05) is 5.56 Å². The molecule has 0 bridgehead atoms. The normalized spacial score (nSPS) is 13.6. The van der Waals surface area contributed by atoms with Gasteiger partial charge in [-0.05, 0) is 25.1 Å². The maximum absolute atomic E-state index is 12.4. The van der Waals surface area contributed by atoms with Crippen LogP contribution in [0.3, 0.4) is 0 Å². The highest BCUT2D eigenvalue weighted by Crippen LogP contribution is 2.32. The van der Waals surface area contributed by atoms with Crippen LogP contribution in [0.1, 0.15) is 22.8 Å². The van der Waals surface area contributed by atoms with Crippen molar-refractivity contribution >= 4 is 29.0 Å². The standard InChI is InChI=1S/C10H7Cl2F3O/c1-5(11)9(16)7-4-6(10(13,14)15)2-3-8(7)12/h2-5H,1H3. The summed E-state index contributed by atoms with van der Waals surface area (Å²) in [5.74, 6) is -0.627. The van der Waals surface area contributed by atoms with E-state index >= 15 is 0 Å². The molecular formula is C10H7Cl2F3O. The molecule has 1 rings (SSSR count). The molecular weight excluding hydrogens is 264 g/mol. The van der Waals surface area contributed by atoms with E-state index in [0.29, 0.717) is 6.07 Å². The number of halogens is 5. The monoisotopic (exact) mass is 270 g/mol. The van der Waals surface area contributed by atoms with Crippen LogP contribution < -0.4 is 0 Å². The second kappa shape index (κ2) is 4.63. The van der Waals surface area contributed by atoms with E-state index in [1.165, 1.54) is 6.92 Å². The van der Waals surface area contributed by atoms with Crippen LogP contribution in [0.15, 0.2) is 18.2 Å². The number of carbonyl (C=O) groups excluding carboxylic acids is 1. The van der Waals surface area contributed by atoms with Crippen LogP contribution in [0.25, 0.3) is 0 Å². The predicted octanol–water partition coefficient (Wildman–Crippen LogP) is 4.17. The van der Waals surface area contributed by atoms with Gasteiger partial charge in [0.1, 0.15) is 0 Å². The van der Waals surface area contributed by atoms with Crippen LogP contribution >= 0.6 is 23.2 Å². The zero-order valence-electron chi connectivity index (χ0n) is 8.11. The van der Waals surface area contributed by atoms with Crippen molar-refractivity contribution in [3.63, 3.8) is 0 Å². The molecule has 0 saturated heterocycles. The van der Waals surface area contributed by atoms with Gasteiger partial charge in [0.25, 0.3) is 0 Å². The van der Waals surface area contributed by atoms with Gasteiger partial charge in [0.05, 0.1) is 16.0 Å². The Labute approximate surface area is 100 Å². The van der Waals surface area contributed by atoms with Crippen molar-refractivity contribution in [3.8, 4) is 0 Å². The van der Waals surface area contributed by atoms with E-state index in [2.05, 4.69) is 0 Å². The Bertz CT molecular complexity index is 413. The summed E-state index contributed by atoms with van der Waals surface area (Å²) in [6, 6.07) is 2.57. The molecule has 1 unspecified atom stereocenters. The first-order valence-electron chi connectivity index (χ1n) is 4.28. The number of hydrogen-bond acceptors (Lipinski definition) is 1. The van der Waals surface area contributed by atoms with Gasteiger partial charge < -0.3 is 0 Å². The quantitative estimate of drug-likeness (QED) is 0.582. The molecule has 0 radical (unpaired) electrons. The Morgan fingerprint density at radius 2 is 1.94 bits per heavy atom. The molecule has 0 aliphatic heterocycles. The summed E-state index contributed by atoms with van der Waals surface area (Å²) in [6.07, 6.45) is -4.50. The second-order valence-electron chi connectivity index (χ2n) is 3.17. The molecule has 1 nitrogen and oxygen atoms in total. The molecule has 0 aromatic heterocycles. The van der Waals surface area contributed by atoms with Gasteiger partial charge in [-0.1, -0.05) is 11.6 Å². The Balaban J connectivity index is 3.25. The van der Waals surface area contributed by atoms with Crippen LogP contribution in [0, 0.1) is 0 Å². The maximum Gasteiger partial charge on any atom is 0.416 e. The van der Waals surface area contributed by atoms with E-state index in [-0.39, 0.29) is 10.6 Å². The minimum Gasteiger partial charge on any atom is -0.292 e. The molecule has 1 atom stereocenters. The first-order valence-corrected chi connectivity index (χ1v) is 5.10. The van der Waals surface area contributed by atoms with E-state index in [9.17, 15) is 18.0 Å². The van der Waals surface area contributed by atoms with E-state index in [1.54, 1.807) is 0 Å². The molecule has 0 heterocycles. The number of Topliss-reactive ketones (excluding diaryl/α,β-unsaturated/α-hetero) is 1. The summed E-state index contributed by atoms with van der Waals surface area (Å²) in [5.41, 5.74) is -1.13. The zero-order valence-corrected chi connectivity index (χ0v) is 9.62. The Kier molecular flexibility index (Phi) is 3.86. The lowest BCUT2D eigenvalue weighted by Gasteiger charge is -2.10. The molecule has 16 heavy (non-hydrogen) atoms. The summed E-state index contributed by atoms with van der Waals surface area (Å²) < 4.78 is 37.1. The van der Waals surface area contributed by atoms with Crippen LogP contribution in [-0.4, -0.2) is 11.2 Å². The van der Waals surface area contributed by atoms with Crippen LogP contribution in [0.2, 0.25) is 5.02 Å². The van der Waals surface area contributed by atoms with E-state index in [0.717, 1.165) is 12.1 Å². The first-order chi connectivity index (χ1) is 7.23. The minimum absolute atomic E-state index is 0.0366. The fourth-order valence-corrected chi connectivity index (χ4v) is 1.43. The number of carbonyl (C=O) groups is 1. The van der Waals surface area contributed by atoms with Crippen molar-refractivity contribution < 1.29 is 18.0 Å². The summed E-state index contributed by atoms with van der Waals surface area (Å²) in [5, 5.41) is -0.952. The van der Waals surface area contributed by atoms with Gasteiger partial charge in [-0.2, -0.15) is 13.2 Å². The van der Waals surface area contributed by atoms with Crippen molar-refractivity contribution in [3.05, 3.63) is 34.3 Å². The Morgan fingerprint density at radius 3 is 2.38 bits per heavy atom. The molecule has 0 amide bonds. The summed E-state index contributed by atoms with van der Waals surface area (Å²) in [4.78, 5) is 11.5. The van der Waals surface area contributed by atoms with Crippen LogP contribution in [0.4, 0.5) is 13.2 Å². The number of benzene rings is 1.